The van der Waals surface area contributed by atoms with Crippen molar-refractivity contribution in [3.63, 3.8) is 0 Å². The number of hydrogen-bond acceptors (Lipinski definition) is 1. The van der Waals surface area contributed by atoms with Gasteiger partial charge in [-0.15, -0.1) is 0 Å². The zero-order chi connectivity index (χ0) is 45.7. The molecule has 2 aliphatic carbocycles. The number of para-hydroxylation sites is 1. The number of rotatable bonds is 3. The van der Waals surface area contributed by atoms with Crippen LogP contribution in [0.5, 0.6) is 0 Å². The van der Waals surface area contributed by atoms with Crippen LogP contribution in [0.15, 0.2) is 247 Å². The molecule has 70 heavy (non-hydrogen) atoms. The quantitative estimate of drug-likeness (QED) is 0.127. The molecule has 16 rings (SSSR count). The first kappa shape index (κ1) is 38.0. The van der Waals surface area contributed by atoms with Gasteiger partial charge in [-0.25, -0.2) is 0 Å². The van der Waals surface area contributed by atoms with Crippen molar-refractivity contribution in [1.29, 1.82) is 0 Å². The van der Waals surface area contributed by atoms with Gasteiger partial charge in [0.25, 0.3) is 0 Å². The summed E-state index contributed by atoms with van der Waals surface area (Å²) in [7, 11) is 0. The van der Waals surface area contributed by atoms with Crippen molar-refractivity contribution in [3.05, 3.63) is 265 Å². The molecule has 0 aliphatic heterocycles. The molecule has 322 valence electrons. The first-order chi connectivity index (χ1) is 34.7. The second-order valence-electron chi connectivity index (χ2n) is 19.3. The molecule has 0 bridgehead atoms. The molecular weight excluding hydrogens is 845 g/mol. The first-order valence-corrected chi connectivity index (χ1v) is 24.4. The third-order valence-corrected chi connectivity index (χ3v) is 16.0. The summed E-state index contributed by atoms with van der Waals surface area (Å²) in [6.45, 7) is 0. The van der Waals surface area contributed by atoms with Gasteiger partial charge in [-0.3, -0.25) is 0 Å². The molecule has 0 saturated carbocycles. The van der Waals surface area contributed by atoms with Gasteiger partial charge in [0, 0.05) is 10.8 Å². The van der Waals surface area contributed by atoms with Gasteiger partial charge in [0.1, 0.15) is 11.2 Å². The summed E-state index contributed by atoms with van der Waals surface area (Å²) in [4.78, 5) is 0. The predicted octanol–water partition coefficient (Wildman–Crippen LogP) is 18.7. The summed E-state index contributed by atoms with van der Waals surface area (Å²) in [6, 6.07) is 90.6. The lowest BCUT2D eigenvalue weighted by Gasteiger charge is -2.32. The zero-order valence-electron chi connectivity index (χ0n) is 38.0. The lowest BCUT2D eigenvalue weighted by Crippen LogP contribution is -2.26. The smallest absolute Gasteiger partial charge is 0.135 e. The molecule has 1 spiro atoms. The highest BCUT2D eigenvalue weighted by Crippen LogP contribution is 2.66. The fourth-order valence-corrected chi connectivity index (χ4v) is 13.3. The Hall–Kier alpha value is -9.04. The van der Waals surface area contributed by atoms with Crippen molar-refractivity contribution >= 4 is 75.8 Å². The minimum atomic E-state index is -0.494. The van der Waals surface area contributed by atoms with Crippen LogP contribution in [0.2, 0.25) is 0 Å². The Balaban J connectivity index is 0.873. The maximum Gasteiger partial charge on any atom is 0.135 e. The fraction of sp³-hybridized carbons (Fsp3) is 0.0145. The lowest BCUT2D eigenvalue weighted by molar-refractivity contribution is 0.669. The van der Waals surface area contributed by atoms with Crippen LogP contribution in [0.25, 0.3) is 131 Å². The molecule has 14 aromatic rings. The summed E-state index contributed by atoms with van der Waals surface area (Å²) in [5.74, 6) is 0. The third-order valence-electron chi connectivity index (χ3n) is 16.0. The highest BCUT2D eigenvalue weighted by Gasteiger charge is 2.53. The minimum absolute atomic E-state index is 0.494. The molecule has 0 N–H and O–H groups in total. The Morgan fingerprint density at radius 1 is 0.243 bits per heavy atom. The zero-order valence-corrected chi connectivity index (χ0v) is 38.0. The fourth-order valence-electron chi connectivity index (χ4n) is 13.3. The average molecular weight is 885 g/mol. The Morgan fingerprint density at radius 2 is 0.714 bits per heavy atom. The Labute approximate surface area is 404 Å². The second kappa shape index (κ2) is 14.0. The van der Waals surface area contributed by atoms with Crippen molar-refractivity contribution in [2.75, 3.05) is 0 Å². The summed E-state index contributed by atoms with van der Waals surface area (Å²) < 4.78 is 6.26. The molecule has 0 atom stereocenters. The van der Waals surface area contributed by atoms with Crippen molar-refractivity contribution in [2.45, 2.75) is 5.41 Å². The average Bonchev–Trinajstić information content (AvgIpc) is 4.06. The lowest BCUT2D eigenvalue weighted by atomic mass is 9.68. The largest absolute Gasteiger partial charge is 0.456 e. The maximum absolute atomic E-state index is 6.26. The first-order valence-electron chi connectivity index (χ1n) is 24.4. The summed E-state index contributed by atoms with van der Waals surface area (Å²) in [6.07, 6.45) is 0. The molecular formula is C69H40O. The molecule has 1 aromatic heterocycles. The van der Waals surface area contributed by atoms with Crippen LogP contribution in [-0.2, 0) is 5.41 Å². The van der Waals surface area contributed by atoms with Gasteiger partial charge in [-0.1, -0.05) is 218 Å². The Kier molecular flexibility index (Phi) is 7.60. The van der Waals surface area contributed by atoms with E-state index in [0.717, 1.165) is 21.9 Å². The predicted molar refractivity (Wildman–Crippen MR) is 294 cm³/mol. The van der Waals surface area contributed by atoms with E-state index in [1.165, 1.54) is 132 Å². The van der Waals surface area contributed by atoms with Crippen LogP contribution in [0.4, 0.5) is 0 Å². The number of fused-ring (bicyclic) bond motifs is 22. The molecule has 13 aromatic carbocycles. The number of hydrogen-bond donors (Lipinski definition) is 0. The molecule has 1 nitrogen and oxygen atoms in total. The second-order valence-corrected chi connectivity index (χ2v) is 19.3. The maximum atomic E-state index is 6.26. The molecule has 0 radical (unpaired) electrons. The highest BCUT2D eigenvalue weighted by molar-refractivity contribution is 6.23. The molecule has 1 heteroatoms. The molecule has 1 heterocycles. The van der Waals surface area contributed by atoms with Crippen LogP contribution >= 0.6 is 0 Å². The molecule has 0 saturated heterocycles. The van der Waals surface area contributed by atoms with E-state index in [1.54, 1.807) is 0 Å². The Bertz CT molecular complexity index is 4480. The van der Waals surface area contributed by atoms with Crippen LogP contribution in [-0.4, -0.2) is 0 Å². The molecule has 0 fully saturated rings. The van der Waals surface area contributed by atoms with Crippen molar-refractivity contribution < 1.29 is 4.42 Å². The van der Waals surface area contributed by atoms with Gasteiger partial charge >= 0.3 is 0 Å². The molecule has 2 aliphatic rings. The topological polar surface area (TPSA) is 13.1 Å². The van der Waals surface area contributed by atoms with Gasteiger partial charge in [0.15, 0.2) is 0 Å². The normalized spacial score (nSPS) is 13.3. The van der Waals surface area contributed by atoms with E-state index in [-0.39, 0.29) is 0 Å². The van der Waals surface area contributed by atoms with E-state index in [4.69, 9.17) is 4.42 Å². The van der Waals surface area contributed by atoms with Crippen molar-refractivity contribution in [1.82, 2.24) is 0 Å². The number of benzene rings is 13. The summed E-state index contributed by atoms with van der Waals surface area (Å²) >= 11 is 0. The van der Waals surface area contributed by atoms with E-state index < -0.39 is 5.41 Å². The van der Waals surface area contributed by atoms with Crippen molar-refractivity contribution in [2.24, 2.45) is 0 Å². The summed E-state index contributed by atoms with van der Waals surface area (Å²) in [5.41, 5.74) is 19.5. The van der Waals surface area contributed by atoms with E-state index in [9.17, 15) is 0 Å². The van der Waals surface area contributed by atoms with E-state index >= 15 is 0 Å². The van der Waals surface area contributed by atoms with Crippen LogP contribution < -0.4 is 0 Å². The highest BCUT2D eigenvalue weighted by atomic mass is 16.3. The number of furan rings is 1. The van der Waals surface area contributed by atoms with Gasteiger partial charge in [0.2, 0.25) is 0 Å². The third kappa shape index (κ3) is 4.90. The van der Waals surface area contributed by atoms with Gasteiger partial charge < -0.3 is 4.42 Å². The van der Waals surface area contributed by atoms with Crippen molar-refractivity contribution in [3.8, 4) is 55.6 Å². The summed E-state index contributed by atoms with van der Waals surface area (Å²) in [5, 5.41) is 15.0. The standard InChI is InChI=1S/C69H40O/c1-3-20-52-47(15-1)48-16-2-8-25-57(48)68-66(52)58-37-34-44-39-43(33-36-46(44)67(58)69(68)60-26-12-9-17-49(60)50-18-10-13-27-61(50)69)41-29-31-42(32-30-41)64-53-21-4-6-23-55(53)65(56-24-7-5-22-54(56)64)45-35-38-63-59(40-45)51-19-11-14-28-62(51)70-63/h1-40H. The molecule has 0 unspecified atom stereocenters. The van der Waals surface area contributed by atoms with Crippen LogP contribution in [0, 0.1) is 0 Å². The SMILES string of the molecule is c1ccc2c(c1)-c1ccccc1C21c2c(ccc3cc(-c4ccc(-c5c6ccccc6c(-c6ccc7oc8ccccc8c7c6)c6ccccc56)cc4)ccc23)-c2c1c1ccccc1c1ccccc21. The van der Waals surface area contributed by atoms with E-state index in [2.05, 4.69) is 237 Å². The van der Waals surface area contributed by atoms with E-state index in [1.807, 2.05) is 6.07 Å². The van der Waals surface area contributed by atoms with Gasteiger partial charge in [-0.05, 0) is 156 Å². The minimum Gasteiger partial charge on any atom is -0.456 e. The van der Waals surface area contributed by atoms with E-state index in [0.29, 0.717) is 0 Å². The van der Waals surface area contributed by atoms with Gasteiger partial charge in [0.05, 0.1) is 5.41 Å². The monoisotopic (exact) mass is 884 g/mol. The molecule has 0 amide bonds. The van der Waals surface area contributed by atoms with Crippen LogP contribution in [0.1, 0.15) is 22.3 Å². The van der Waals surface area contributed by atoms with Gasteiger partial charge in [-0.2, -0.15) is 0 Å². The Morgan fingerprint density at radius 3 is 1.37 bits per heavy atom. The van der Waals surface area contributed by atoms with Crippen LogP contribution in [0.3, 0.4) is 0 Å².